The van der Waals surface area contributed by atoms with Crippen molar-refractivity contribution in [2.75, 3.05) is 20.1 Å². The van der Waals surface area contributed by atoms with Crippen molar-refractivity contribution in [3.05, 3.63) is 35.4 Å². The van der Waals surface area contributed by atoms with E-state index in [1.54, 1.807) is 11.8 Å². The SMILES string of the molecule is CNCCN1C(=O)C(C)SC1c1ccccc1C. The smallest absolute Gasteiger partial charge is 0.236 e. The van der Waals surface area contributed by atoms with E-state index in [-0.39, 0.29) is 16.5 Å². The van der Waals surface area contributed by atoms with E-state index in [0.29, 0.717) is 0 Å². The minimum Gasteiger partial charge on any atom is -0.324 e. The quantitative estimate of drug-likeness (QED) is 0.904. The van der Waals surface area contributed by atoms with Crippen LogP contribution in [0.15, 0.2) is 24.3 Å². The first kappa shape index (κ1) is 13.4. The Balaban J connectivity index is 2.25. The normalized spacial score (nSPS) is 23.7. The van der Waals surface area contributed by atoms with Gasteiger partial charge in [0.1, 0.15) is 5.37 Å². The maximum atomic E-state index is 12.2. The lowest BCUT2D eigenvalue weighted by atomic mass is 10.1. The summed E-state index contributed by atoms with van der Waals surface area (Å²) in [5.74, 6) is 0.253. The van der Waals surface area contributed by atoms with Crippen LogP contribution in [0.1, 0.15) is 23.4 Å². The predicted octanol–water partition coefficient (Wildman–Crippen LogP) is 2.18. The number of amides is 1. The van der Waals surface area contributed by atoms with Crippen molar-refractivity contribution in [2.45, 2.75) is 24.5 Å². The number of nitrogens with one attached hydrogen (secondary N) is 1. The third-order valence-electron chi connectivity index (χ3n) is 3.30. The van der Waals surface area contributed by atoms with E-state index in [2.05, 4.69) is 24.4 Å². The van der Waals surface area contributed by atoms with Crippen LogP contribution in [0.4, 0.5) is 0 Å². The highest BCUT2D eigenvalue weighted by atomic mass is 32.2. The molecule has 4 heteroatoms. The van der Waals surface area contributed by atoms with Crippen LogP contribution in [0.5, 0.6) is 0 Å². The lowest BCUT2D eigenvalue weighted by Crippen LogP contribution is -2.35. The summed E-state index contributed by atoms with van der Waals surface area (Å²) in [6.45, 7) is 5.71. The number of rotatable bonds is 4. The van der Waals surface area contributed by atoms with E-state index < -0.39 is 0 Å². The first-order chi connectivity index (χ1) is 8.65. The fourth-order valence-corrected chi connectivity index (χ4v) is 3.64. The molecular formula is C14H20N2OS. The summed E-state index contributed by atoms with van der Waals surface area (Å²) < 4.78 is 0. The largest absolute Gasteiger partial charge is 0.324 e. The average Bonchev–Trinajstić information content (AvgIpc) is 2.64. The molecular weight excluding hydrogens is 244 g/mol. The predicted molar refractivity (Wildman–Crippen MR) is 76.6 cm³/mol. The lowest BCUT2D eigenvalue weighted by Gasteiger charge is -2.25. The Hall–Kier alpha value is -1.00. The molecule has 0 aromatic heterocycles. The number of nitrogens with zero attached hydrogens (tertiary/aromatic N) is 1. The Labute approximate surface area is 113 Å². The van der Waals surface area contributed by atoms with Crippen LogP contribution in [-0.4, -0.2) is 36.2 Å². The minimum atomic E-state index is 0.0615. The number of thioether (sulfide) groups is 1. The maximum absolute atomic E-state index is 12.2. The highest BCUT2D eigenvalue weighted by Crippen LogP contribution is 2.43. The number of likely N-dealkylation sites (N-methyl/N-ethyl adjacent to an activating group) is 1. The number of benzene rings is 1. The third kappa shape index (κ3) is 2.54. The van der Waals surface area contributed by atoms with Crippen molar-refractivity contribution in [1.82, 2.24) is 10.2 Å². The summed E-state index contributed by atoms with van der Waals surface area (Å²) >= 11 is 1.75. The van der Waals surface area contributed by atoms with E-state index in [1.165, 1.54) is 11.1 Å². The number of aryl methyl sites for hydroxylation is 1. The molecule has 2 unspecified atom stereocenters. The lowest BCUT2D eigenvalue weighted by molar-refractivity contribution is -0.129. The van der Waals surface area contributed by atoms with Gasteiger partial charge in [-0.3, -0.25) is 4.79 Å². The summed E-state index contributed by atoms with van der Waals surface area (Å²) in [7, 11) is 1.92. The van der Waals surface area contributed by atoms with E-state index in [4.69, 9.17) is 0 Å². The minimum absolute atomic E-state index is 0.0615. The molecule has 2 rings (SSSR count). The number of carbonyl (C=O) groups excluding carboxylic acids is 1. The Kier molecular flexibility index (Phi) is 4.30. The molecule has 1 aliphatic heterocycles. The van der Waals surface area contributed by atoms with Crippen molar-refractivity contribution in [3.63, 3.8) is 0 Å². The number of hydrogen-bond acceptors (Lipinski definition) is 3. The van der Waals surface area contributed by atoms with Gasteiger partial charge in [0, 0.05) is 13.1 Å². The molecule has 98 valence electrons. The molecule has 1 fully saturated rings. The van der Waals surface area contributed by atoms with E-state index >= 15 is 0 Å². The molecule has 2 atom stereocenters. The molecule has 1 aromatic rings. The fraction of sp³-hybridized carbons (Fsp3) is 0.500. The van der Waals surface area contributed by atoms with E-state index in [0.717, 1.165) is 13.1 Å². The first-order valence-electron chi connectivity index (χ1n) is 6.31. The Bertz CT molecular complexity index is 436. The molecule has 0 saturated carbocycles. The van der Waals surface area contributed by atoms with Crippen molar-refractivity contribution in [3.8, 4) is 0 Å². The second-order valence-electron chi connectivity index (χ2n) is 4.62. The number of hydrogen-bond donors (Lipinski definition) is 1. The van der Waals surface area contributed by atoms with Crippen LogP contribution in [0.25, 0.3) is 0 Å². The van der Waals surface area contributed by atoms with E-state index in [9.17, 15) is 4.79 Å². The monoisotopic (exact) mass is 264 g/mol. The van der Waals surface area contributed by atoms with Crippen LogP contribution < -0.4 is 5.32 Å². The van der Waals surface area contributed by atoms with Crippen LogP contribution in [0, 0.1) is 6.92 Å². The molecule has 1 saturated heterocycles. The van der Waals surface area contributed by atoms with Gasteiger partial charge in [0.15, 0.2) is 0 Å². The molecule has 0 spiro atoms. The first-order valence-corrected chi connectivity index (χ1v) is 7.25. The molecule has 1 heterocycles. The Morgan fingerprint density at radius 2 is 2.11 bits per heavy atom. The summed E-state index contributed by atoms with van der Waals surface area (Å²) in [5.41, 5.74) is 2.52. The van der Waals surface area contributed by atoms with Crippen molar-refractivity contribution in [1.29, 1.82) is 0 Å². The molecule has 3 nitrogen and oxygen atoms in total. The van der Waals surface area contributed by atoms with Gasteiger partial charge in [0.2, 0.25) is 5.91 Å². The molecule has 1 aromatic carbocycles. The summed E-state index contributed by atoms with van der Waals surface area (Å²) in [6, 6.07) is 8.33. The summed E-state index contributed by atoms with van der Waals surface area (Å²) in [5, 5.41) is 3.34. The fourth-order valence-electron chi connectivity index (χ4n) is 2.24. The summed E-state index contributed by atoms with van der Waals surface area (Å²) in [6.07, 6.45) is 0. The zero-order chi connectivity index (χ0) is 13.1. The molecule has 0 bridgehead atoms. The van der Waals surface area contributed by atoms with Gasteiger partial charge < -0.3 is 10.2 Å². The molecule has 18 heavy (non-hydrogen) atoms. The average molecular weight is 264 g/mol. The third-order valence-corrected chi connectivity index (χ3v) is 4.68. The van der Waals surface area contributed by atoms with Crippen molar-refractivity contribution < 1.29 is 4.79 Å². The Morgan fingerprint density at radius 1 is 1.39 bits per heavy atom. The zero-order valence-corrected chi connectivity index (χ0v) is 12.0. The van der Waals surface area contributed by atoms with Gasteiger partial charge >= 0.3 is 0 Å². The topological polar surface area (TPSA) is 32.3 Å². The molecule has 0 aliphatic carbocycles. The van der Waals surface area contributed by atoms with Gasteiger partial charge in [-0.1, -0.05) is 24.3 Å². The second-order valence-corrected chi connectivity index (χ2v) is 6.05. The van der Waals surface area contributed by atoms with Gasteiger partial charge in [0.05, 0.1) is 5.25 Å². The molecule has 1 aliphatic rings. The van der Waals surface area contributed by atoms with Crippen LogP contribution >= 0.6 is 11.8 Å². The van der Waals surface area contributed by atoms with Crippen LogP contribution in [0.2, 0.25) is 0 Å². The van der Waals surface area contributed by atoms with Crippen LogP contribution in [0.3, 0.4) is 0 Å². The van der Waals surface area contributed by atoms with E-state index in [1.807, 2.05) is 31.0 Å². The van der Waals surface area contributed by atoms with Gasteiger partial charge in [0.25, 0.3) is 0 Å². The van der Waals surface area contributed by atoms with Gasteiger partial charge in [-0.15, -0.1) is 11.8 Å². The summed E-state index contributed by atoms with van der Waals surface area (Å²) in [4.78, 5) is 14.2. The maximum Gasteiger partial charge on any atom is 0.236 e. The Morgan fingerprint density at radius 3 is 2.78 bits per heavy atom. The number of carbonyl (C=O) groups is 1. The second kappa shape index (κ2) is 5.76. The van der Waals surface area contributed by atoms with Gasteiger partial charge in [-0.2, -0.15) is 0 Å². The van der Waals surface area contributed by atoms with Crippen molar-refractivity contribution >= 4 is 17.7 Å². The van der Waals surface area contributed by atoms with Crippen LogP contribution in [-0.2, 0) is 4.79 Å². The van der Waals surface area contributed by atoms with Gasteiger partial charge in [-0.05, 0) is 32.0 Å². The van der Waals surface area contributed by atoms with Gasteiger partial charge in [-0.25, -0.2) is 0 Å². The molecule has 1 N–H and O–H groups in total. The van der Waals surface area contributed by atoms with Crippen molar-refractivity contribution in [2.24, 2.45) is 0 Å². The standard InChI is InChI=1S/C14H20N2OS/c1-10-6-4-5-7-12(10)14-16(9-8-15-3)13(17)11(2)18-14/h4-7,11,14-15H,8-9H2,1-3H3. The zero-order valence-electron chi connectivity index (χ0n) is 11.1. The highest BCUT2D eigenvalue weighted by molar-refractivity contribution is 8.01. The highest BCUT2D eigenvalue weighted by Gasteiger charge is 2.38. The molecule has 1 amide bonds. The molecule has 0 radical (unpaired) electrons.